The van der Waals surface area contributed by atoms with Gasteiger partial charge in [0.05, 0.1) is 0 Å². The summed E-state index contributed by atoms with van der Waals surface area (Å²) in [6.07, 6.45) is 58.4. The Morgan fingerprint density at radius 1 is 0.328 bits per heavy atom. The first-order chi connectivity index (χ1) is 30.0. The number of carbonyl (C=O) groups excluding carboxylic acids is 3. The second-order valence-electron chi connectivity index (χ2n) is 17.8. The van der Waals surface area contributed by atoms with E-state index < -0.39 is 6.10 Å². The summed E-state index contributed by atoms with van der Waals surface area (Å²) in [5.74, 6) is -0.925. The Kier molecular flexibility index (Phi) is 48.3. The van der Waals surface area contributed by atoms with Crippen LogP contribution in [0.5, 0.6) is 0 Å². The minimum Gasteiger partial charge on any atom is -0.462 e. The zero-order valence-electron chi connectivity index (χ0n) is 40.7. The summed E-state index contributed by atoms with van der Waals surface area (Å²) in [6.45, 7) is 6.61. The number of allylic oxidation sites excluding steroid dienone is 6. The van der Waals surface area contributed by atoms with Crippen LogP contribution < -0.4 is 0 Å². The molecule has 0 bridgehead atoms. The van der Waals surface area contributed by atoms with Gasteiger partial charge in [-0.05, 0) is 51.4 Å². The summed E-state index contributed by atoms with van der Waals surface area (Å²) < 4.78 is 16.8. The number of hydrogen-bond acceptors (Lipinski definition) is 6. The molecule has 0 amide bonds. The number of carbonyl (C=O) groups is 3. The average molecular weight is 857 g/mol. The smallest absolute Gasteiger partial charge is 0.306 e. The Bertz CT molecular complexity index is 1030. The average Bonchev–Trinajstić information content (AvgIpc) is 3.26. The van der Waals surface area contributed by atoms with Crippen LogP contribution in [0.25, 0.3) is 0 Å². The van der Waals surface area contributed by atoms with Gasteiger partial charge in [-0.2, -0.15) is 0 Å². The van der Waals surface area contributed by atoms with Crippen molar-refractivity contribution < 1.29 is 28.6 Å². The van der Waals surface area contributed by atoms with Crippen molar-refractivity contribution >= 4 is 17.9 Å². The number of ether oxygens (including phenoxy) is 3. The number of rotatable bonds is 48. The highest BCUT2D eigenvalue weighted by Gasteiger charge is 2.19. The zero-order valence-corrected chi connectivity index (χ0v) is 40.7. The Morgan fingerprint density at radius 3 is 0.984 bits per heavy atom. The van der Waals surface area contributed by atoms with E-state index >= 15 is 0 Å². The highest BCUT2D eigenvalue weighted by atomic mass is 16.6. The third-order valence-corrected chi connectivity index (χ3v) is 11.6. The van der Waals surface area contributed by atoms with Crippen LogP contribution in [0.2, 0.25) is 0 Å². The van der Waals surface area contributed by atoms with Crippen molar-refractivity contribution in [2.24, 2.45) is 0 Å². The lowest BCUT2D eigenvalue weighted by molar-refractivity contribution is -0.167. The molecule has 0 saturated carbocycles. The Morgan fingerprint density at radius 2 is 0.607 bits per heavy atom. The van der Waals surface area contributed by atoms with E-state index in [1.165, 1.54) is 173 Å². The molecule has 6 nitrogen and oxygen atoms in total. The maximum absolute atomic E-state index is 12.8. The molecule has 0 saturated heterocycles. The summed E-state index contributed by atoms with van der Waals surface area (Å²) >= 11 is 0. The van der Waals surface area contributed by atoms with Crippen LogP contribution in [-0.4, -0.2) is 37.2 Å². The fourth-order valence-electron chi connectivity index (χ4n) is 7.64. The number of hydrogen-bond donors (Lipinski definition) is 0. The topological polar surface area (TPSA) is 78.9 Å². The van der Waals surface area contributed by atoms with Crippen LogP contribution in [0, 0.1) is 0 Å². The molecule has 0 radical (unpaired) electrons. The third kappa shape index (κ3) is 48.5. The summed E-state index contributed by atoms with van der Waals surface area (Å²) in [5.41, 5.74) is 0. The molecule has 0 N–H and O–H groups in total. The molecule has 6 heteroatoms. The van der Waals surface area contributed by atoms with E-state index in [0.29, 0.717) is 25.7 Å². The Hall–Kier alpha value is -2.37. The summed E-state index contributed by atoms with van der Waals surface area (Å²) in [7, 11) is 0. The second-order valence-corrected chi connectivity index (χ2v) is 17.8. The van der Waals surface area contributed by atoms with Gasteiger partial charge in [0.15, 0.2) is 6.10 Å². The van der Waals surface area contributed by atoms with E-state index in [4.69, 9.17) is 14.2 Å². The molecule has 0 aliphatic heterocycles. The first-order valence-electron chi connectivity index (χ1n) is 26.5. The molecule has 0 aliphatic rings. The van der Waals surface area contributed by atoms with Gasteiger partial charge in [0.25, 0.3) is 0 Å². The van der Waals surface area contributed by atoms with Crippen LogP contribution in [0.3, 0.4) is 0 Å². The molecule has 0 rings (SSSR count). The minimum absolute atomic E-state index is 0.0833. The van der Waals surface area contributed by atoms with E-state index in [1.807, 2.05) is 0 Å². The fourth-order valence-corrected chi connectivity index (χ4v) is 7.64. The molecule has 0 fully saturated rings. The molecular formula is C55H100O6. The molecule has 0 aromatic carbocycles. The van der Waals surface area contributed by atoms with Gasteiger partial charge in [0, 0.05) is 19.3 Å². The summed E-state index contributed by atoms with van der Waals surface area (Å²) in [4.78, 5) is 37.9. The van der Waals surface area contributed by atoms with Crippen LogP contribution in [0.15, 0.2) is 36.5 Å². The molecule has 61 heavy (non-hydrogen) atoms. The number of unbranched alkanes of at least 4 members (excludes halogenated alkanes) is 31. The monoisotopic (exact) mass is 857 g/mol. The van der Waals surface area contributed by atoms with Crippen molar-refractivity contribution in [1.29, 1.82) is 0 Å². The van der Waals surface area contributed by atoms with Crippen molar-refractivity contribution in [3.05, 3.63) is 36.5 Å². The van der Waals surface area contributed by atoms with Crippen LogP contribution in [0.1, 0.15) is 278 Å². The molecule has 0 spiro atoms. The van der Waals surface area contributed by atoms with Gasteiger partial charge in [0.2, 0.25) is 0 Å². The van der Waals surface area contributed by atoms with Crippen molar-refractivity contribution in [2.75, 3.05) is 13.2 Å². The summed E-state index contributed by atoms with van der Waals surface area (Å²) in [6, 6.07) is 0. The van der Waals surface area contributed by atoms with Gasteiger partial charge in [-0.25, -0.2) is 0 Å². The van der Waals surface area contributed by atoms with E-state index in [2.05, 4.69) is 57.2 Å². The van der Waals surface area contributed by atoms with E-state index in [0.717, 1.165) is 57.8 Å². The predicted octanol–water partition coefficient (Wildman–Crippen LogP) is 17.3. The standard InChI is InChI=1S/C55H100O6/c1-4-7-10-13-16-19-22-25-26-27-28-31-33-36-39-42-45-48-54(57)60-51-52(61-55(58)49-46-43-40-37-34-30-24-21-18-15-12-9-6-3)50-59-53(56)47-44-41-38-35-32-29-23-20-17-14-11-8-5-2/h25-26,28,31,36,39,52H,4-24,27,29-30,32-35,37-38,40-51H2,1-3H3/b26-25-,31-28-,39-36-. The van der Waals surface area contributed by atoms with Crippen molar-refractivity contribution in [1.82, 2.24) is 0 Å². The van der Waals surface area contributed by atoms with Gasteiger partial charge >= 0.3 is 17.9 Å². The lowest BCUT2D eigenvalue weighted by Gasteiger charge is -2.18. The molecule has 0 aromatic rings. The quantitative estimate of drug-likeness (QED) is 0.0262. The van der Waals surface area contributed by atoms with E-state index in [-0.39, 0.29) is 31.1 Å². The van der Waals surface area contributed by atoms with Gasteiger partial charge in [0.1, 0.15) is 13.2 Å². The minimum atomic E-state index is -0.786. The molecule has 0 heterocycles. The van der Waals surface area contributed by atoms with Crippen LogP contribution in [0.4, 0.5) is 0 Å². The van der Waals surface area contributed by atoms with Gasteiger partial charge in [-0.1, -0.05) is 243 Å². The molecule has 0 aromatic heterocycles. The first kappa shape index (κ1) is 58.6. The molecule has 0 aliphatic carbocycles. The number of esters is 3. The third-order valence-electron chi connectivity index (χ3n) is 11.6. The van der Waals surface area contributed by atoms with Crippen molar-refractivity contribution in [2.45, 2.75) is 284 Å². The zero-order chi connectivity index (χ0) is 44.4. The Labute approximate surface area is 378 Å². The normalized spacial score (nSPS) is 12.2. The lowest BCUT2D eigenvalue weighted by atomic mass is 10.0. The first-order valence-corrected chi connectivity index (χ1v) is 26.5. The highest BCUT2D eigenvalue weighted by molar-refractivity contribution is 5.71. The molecule has 356 valence electrons. The predicted molar refractivity (Wildman–Crippen MR) is 261 cm³/mol. The van der Waals surface area contributed by atoms with Crippen LogP contribution in [-0.2, 0) is 28.6 Å². The Balaban J connectivity index is 4.41. The van der Waals surface area contributed by atoms with E-state index in [1.54, 1.807) is 0 Å². The van der Waals surface area contributed by atoms with Crippen molar-refractivity contribution in [3.63, 3.8) is 0 Å². The maximum atomic E-state index is 12.8. The molecular weight excluding hydrogens is 757 g/mol. The highest BCUT2D eigenvalue weighted by Crippen LogP contribution is 2.16. The SMILES string of the molecule is CCCCCCCC/C=C\C/C=C\C/C=C\CCCC(=O)OCC(COC(=O)CCCCCCCCCCCCCCC)OC(=O)CCCCCCCCCCCCCCC. The van der Waals surface area contributed by atoms with Gasteiger partial charge < -0.3 is 14.2 Å². The summed E-state index contributed by atoms with van der Waals surface area (Å²) in [5, 5.41) is 0. The maximum Gasteiger partial charge on any atom is 0.306 e. The second kappa shape index (κ2) is 50.3. The van der Waals surface area contributed by atoms with E-state index in [9.17, 15) is 14.4 Å². The van der Waals surface area contributed by atoms with Crippen molar-refractivity contribution in [3.8, 4) is 0 Å². The largest absolute Gasteiger partial charge is 0.462 e. The fraction of sp³-hybridized carbons (Fsp3) is 0.836. The van der Waals surface area contributed by atoms with Gasteiger partial charge in [-0.3, -0.25) is 14.4 Å². The van der Waals surface area contributed by atoms with Crippen LogP contribution >= 0.6 is 0 Å². The molecule has 1 unspecified atom stereocenters. The molecule has 1 atom stereocenters. The van der Waals surface area contributed by atoms with Gasteiger partial charge in [-0.15, -0.1) is 0 Å². The lowest BCUT2D eigenvalue weighted by Crippen LogP contribution is -2.30.